The molecule has 0 bridgehead atoms. The highest BCUT2D eigenvalue weighted by molar-refractivity contribution is 14.1. The van der Waals surface area contributed by atoms with Crippen LogP contribution in [0.15, 0.2) is 17.5 Å². The van der Waals surface area contributed by atoms with Crippen molar-refractivity contribution in [2.24, 2.45) is 0 Å². The van der Waals surface area contributed by atoms with Crippen molar-refractivity contribution in [2.75, 3.05) is 0 Å². The fourth-order valence-electron chi connectivity index (χ4n) is 1.27. The smallest absolute Gasteiger partial charge is 0.423 e. The van der Waals surface area contributed by atoms with Crippen molar-refractivity contribution < 1.29 is 14.4 Å². The van der Waals surface area contributed by atoms with Crippen LogP contribution in [0.1, 0.15) is 0 Å². The molecule has 0 saturated heterocycles. The van der Waals surface area contributed by atoms with Gasteiger partial charge in [-0.2, -0.15) is 0 Å². The van der Waals surface area contributed by atoms with Gasteiger partial charge in [-0.3, -0.25) is 0 Å². The van der Waals surface area contributed by atoms with E-state index >= 15 is 0 Å². The van der Waals surface area contributed by atoms with Crippen LogP contribution in [0.4, 0.5) is 4.39 Å². The lowest BCUT2D eigenvalue weighted by Gasteiger charge is -2.03. The molecule has 1 aromatic carbocycles. The number of fused-ring (bicyclic) bond motifs is 1. The Kier molecular flexibility index (Phi) is 2.78. The van der Waals surface area contributed by atoms with E-state index in [2.05, 4.69) is 0 Å². The van der Waals surface area contributed by atoms with E-state index in [1.165, 1.54) is 16.7 Å². The van der Waals surface area contributed by atoms with Gasteiger partial charge in [-0.05, 0) is 34.1 Å². The van der Waals surface area contributed by atoms with Crippen LogP contribution in [-0.4, -0.2) is 17.2 Å². The molecule has 0 unspecified atom stereocenters. The highest BCUT2D eigenvalue weighted by Gasteiger charge is 2.18. The molecule has 0 spiro atoms. The summed E-state index contributed by atoms with van der Waals surface area (Å²) in [5, 5.41) is 19.9. The van der Waals surface area contributed by atoms with E-state index in [0.29, 0.717) is 14.4 Å². The molecule has 0 fully saturated rings. The topological polar surface area (TPSA) is 40.5 Å². The number of rotatable bonds is 1. The normalized spacial score (nSPS) is 10.9. The highest BCUT2D eigenvalue weighted by Crippen LogP contribution is 2.27. The van der Waals surface area contributed by atoms with Gasteiger partial charge < -0.3 is 10.0 Å². The molecule has 2 rings (SSSR count). The third-order valence-corrected chi connectivity index (χ3v) is 4.02. The summed E-state index contributed by atoms with van der Waals surface area (Å²) in [7, 11) is -1.55. The standard InChI is InChI=1S/C8H5BFIO2S/c10-5-3-14-6-2-1-4(9(12)13)8(11)7(5)6/h1-3,12-13H. The van der Waals surface area contributed by atoms with Crippen LogP contribution in [0.25, 0.3) is 10.1 Å². The Balaban J connectivity index is 2.79. The zero-order valence-corrected chi connectivity index (χ0v) is 9.84. The minimum Gasteiger partial charge on any atom is -0.423 e. The van der Waals surface area contributed by atoms with E-state index in [9.17, 15) is 4.39 Å². The zero-order valence-electron chi connectivity index (χ0n) is 6.87. The lowest BCUT2D eigenvalue weighted by atomic mass is 9.80. The van der Waals surface area contributed by atoms with Crippen molar-refractivity contribution in [3.63, 3.8) is 0 Å². The van der Waals surface area contributed by atoms with E-state index in [1.807, 2.05) is 22.6 Å². The van der Waals surface area contributed by atoms with Gasteiger partial charge in [0.1, 0.15) is 5.82 Å². The Morgan fingerprint density at radius 2 is 2.07 bits per heavy atom. The average molecular weight is 322 g/mol. The summed E-state index contributed by atoms with van der Waals surface area (Å²) < 4.78 is 14.7. The molecular formula is C8H5BFIO2S. The van der Waals surface area contributed by atoms with Gasteiger partial charge in [0.25, 0.3) is 0 Å². The number of thiophene rings is 1. The Morgan fingerprint density at radius 3 is 2.71 bits per heavy atom. The lowest BCUT2D eigenvalue weighted by Crippen LogP contribution is -2.32. The van der Waals surface area contributed by atoms with Crippen molar-refractivity contribution >= 4 is 56.6 Å². The van der Waals surface area contributed by atoms with Crippen molar-refractivity contribution in [2.45, 2.75) is 0 Å². The maximum atomic E-state index is 13.3. The fourth-order valence-corrected chi connectivity index (χ4v) is 3.27. The summed E-state index contributed by atoms with van der Waals surface area (Å²) in [5.41, 5.74) is 0.343. The molecule has 72 valence electrons. The van der Waals surface area contributed by atoms with Crippen LogP contribution >= 0.6 is 33.9 Å². The lowest BCUT2D eigenvalue weighted by molar-refractivity contribution is 0.425. The Bertz CT molecular complexity index is 485. The molecule has 6 heteroatoms. The summed E-state index contributed by atoms with van der Waals surface area (Å²) >= 11 is 3.23. The third-order valence-electron chi connectivity index (χ3n) is 1.94. The number of benzene rings is 1. The maximum Gasteiger partial charge on any atom is 0.489 e. The first-order chi connectivity index (χ1) is 6.61. The van der Waals surface area contributed by atoms with E-state index in [4.69, 9.17) is 10.0 Å². The van der Waals surface area contributed by atoms with E-state index in [-0.39, 0.29) is 5.82 Å². The van der Waals surface area contributed by atoms with Crippen LogP contribution < -0.4 is 5.46 Å². The van der Waals surface area contributed by atoms with Gasteiger partial charge in [0, 0.05) is 19.0 Å². The SMILES string of the molecule is OB(O)c1ccc2scc(F)c2c1I. The van der Waals surface area contributed by atoms with Crippen LogP contribution in [0.5, 0.6) is 0 Å². The van der Waals surface area contributed by atoms with Crippen LogP contribution in [-0.2, 0) is 0 Å². The van der Waals surface area contributed by atoms with E-state index in [0.717, 1.165) is 4.70 Å². The molecule has 2 nitrogen and oxygen atoms in total. The molecular weight excluding hydrogens is 317 g/mol. The number of halogens is 2. The second kappa shape index (κ2) is 3.76. The van der Waals surface area contributed by atoms with Crippen molar-refractivity contribution in [3.05, 3.63) is 26.9 Å². The quantitative estimate of drug-likeness (QED) is 0.614. The van der Waals surface area contributed by atoms with Crippen molar-refractivity contribution in [1.29, 1.82) is 0 Å². The van der Waals surface area contributed by atoms with Gasteiger partial charge in [0.05, 0.1) is 0 Å². The molecule has 2 aromatic rings. The molecule has 0 radical (unpaired) electrons. The van der Waals surface area contributed by atoms with Gasteiger partial charge in [0.2, 0.25) is 0 Å². The summed E-state index contributed by atoms with van der Waals surface area (Å²) in [4.78, 5) is 0. The van der Waals surface area contributed by atoms with Gasteiger partial charge >= 0.3 is 7.12 Å². The fraction of sp³-hybridized carbons (Fsp3) is 0. The van der Waals surface area contributed by atoms with E-state index < -0.39 is 7.12 Å². The summed E-state index contributed by atoms with van der Waals surface area (Å²) in [5.74, 6) is -0.308. The van der Waals surface area contributed by atoms with Crippen LogP contribution in [0, 0.1) is 9.39 Å². The van der Waals surface area contributed by atoms with E-state index in [1.54, 1.807) is 12.1 Å². The molecule has 1 heterocycles. The molecule has 0 amide bonds. The number of hydrogen-bond donors (Lipinski definition) is 2. The molecule has 1 aromatic heterocycles. The molecule has 0 saturated carbocycles. The maximum absolute atomic E-state index is 13.3. The van der Waals surface area contributed by atoms with Gasteiger partial charge in [-0.15, -0.1) is 11.3 Å². The first-order valence-corrected chi connectivity index (χ1v) is 5.78. The molecule has 2 N–H and O–H groups in total. The first-order valence-electron chi connectivity index (χ1n) is 3.82. The molecule has 0 aliphatic heterocycles. The minimum absolute atomic E-state index is 0.308. The molecule has 0 aliphatic carbocycles. The number of hydrogen-bond acceptors (Lipinski definition) is 3. The largest absolute Gasteiger partial charge is 0.489 e. The van der Waals surface area contributed by atoms with Crippen LogP contribution in [0.2, 0.25) is 0 Å². The third kappa shape index (κ3) is 1.56. The predicted molar refractivity (Wildman–Crippen MR) is 64.3 cm³/mol. The zero-order chi connectivity index (χ0) is 10.3. The highest BCUT2D eigenvalue weighted by atomic mass is 127. The monoisotopic (exact) mass is 322 g/mol. The molecule has 0 atom stereocenters. The summed E-state index contributed by atoms with van der Waals surface area (Å²) in [6.45, 7) is 0. The van der Waals surface area contributed by atoms with Gasteiger partial charge in [-0.1, -0.05) is 6.07 Å². The predicted octanol–water partition coefficient (Wildman–Crippen LogP) is 1.32. The second-order valence-electron chi connectivity index (χ2n) is 2.80. The molecule has 14 heavy (non-hydrogen) atoms. The Labute approximate surface area is 97.7 Å². The Hall–Kier alpha value is -0.175. The summed E-state index contributed by atoms with van der Waals surface area (Å²) in [6, 6.07) is 3.30. The average Bonchev–Trinajstić information content (AvgIpc) is 2.48. The van der Waals surface area contributed by atoms with Crippen molar-refractivity contribution in [3.8, 4) is 0 Å². The van der Waals surface area contributed by atoms with Gasteiger partial charge in [0.15, 0.2) is 0 Å². The first kappa shape index (κ1) is 10.3. The molecule has 0 aliphatic rings. The second-order valence-corrected chi connectivity index (χ2v) is 4.79. The van der Waals surface area contributed by atoms with Gasteiger partial charge in [-0.25, -0.2) is 4.39 Å². The Morgan fingerprint density at radius 1 is 1.36 bits per heavy atom. The summed E-state index contributed by atoms with van der Waals surface area (Å²) in [6.07, 6.45) is 0. The van der Waals surface area contributed by atoms with Crippen molar-refractivity contribution in [1.82, 2.24) is 0 Å². The van der Waals surface area contributed by atoms with Crippen LogP contribution in [0.3, 0.4) is 0 Å². The minimum atomic E-state index is -1.55.